The first-order valence-electron chi connectivity index (χ1n) is 7.02. The second kappa shape index (κ2) is 8.31. The number of rotatable bonds is 8. The van der Waals surface area contributed by atoms with Crippen LogP contribution in [0.1, 0.15) is 37.9 Å². The van der Waals surface area contributed by atoms with Crippen molar-refractivity contribution in [3.63, 3.8) is 0 Å². The Hall–Kier alpha value is -0.900. The maximum Gasteiger partial charge on any atom is 0.0784 e. The van der Waals surface area contributed by atoms with Gasteiger partial charge < -0.3 is 14.8 Å². The lowest BCUT2D eigenvalue weighted by Gasteiger charge is -2.28. The van der Waals surface area contributed by atoms with Gasteiger partial charge in [0.25, 0.3) is 0 Å². The van der Waals surface area contributed by atoms with Crippen LogP contribution in [0.15, 0.2) is 24.3 Å². The van der Waals surface area contributed by atoms with E-state index in [2.05, 4.69) is 50.4 Å². The molecule has 0 radical (unpaired) electrons. The van der Waals surface area contributed by atoms with Crippen molar-refractivity contribution in [3.05, 3.63) is 35.4 Å². The van der Waals surface area contributed by atoms with E-state index in [9.17, 15) is 0 Å². The maximum atomic E-state index is 6.00. The highest BCUT2D eigenvalue weighted by Crippen LogP contribution is 2.21. The van der Waals surface area contributed by atoms with Crippen LogP contribution in [0.2, 0.25) is 0 Å². The van der Waals surface area contributed by atoms with Gasteiger partial charge in [-0.3, -0.25) is 0 Å². The normalized spacial score (nSPS) is 16.1. The van der Waals surface area contributed by atoms with Crippen molar-refractivity contribution >= 4 is 0 Å². The van der Waals surface area contributed by atoms with E-state index < -0.39 is 0 Å². The average Bonchev–Trinajstić information content (AvgIpc) is 2.37. The van der Waals surface area contributed by atoms with Crippen molar-refractivity contribution in [1.29, 1.82) is 0 Å². The van der Waals surface area contributed by atoms with Crippen molar-refractivity contribution < 1.29 is 9.47 Å². The molecule has 1 rings (SSSR count). The first-order chi connectivity index (χ1) is 9.08. The summed E-state index contributed by atoms with van der Waals surface area (Å²) < 4.78 is 11.1. The minimum atomic E-state index is 0.103. The third-order valence-electron chi connectivity index (χ3n) is 3.18. The molecule has 0 heterocycles. The Morgan fingerprint density at radius 2 is 1.79 bits per heavy atom. The monoisotopic (exact) mass is 265 g/mol. The van der Waals surface area contributed by atoms with Gasteiger partial charge >= 0.3 is 0 Å². The highest BCUT2D eigenvalue weighted by atomic mass is 16.5. The largest absolute Gasteiger partial charge is 0.382 e. The molecular formula is C16H27NO2. The van der Waals surface area contributed by atoms with Gasteiger partial charge in [0.1, 0.15) is 0 Å². The number of hydrogen-bond donors (Lipinski definition) is 1. The van der Waals surface area contributed by atoms with Crippen LogP contribution in [0.5, 0.6) is 0 Å². The smallest absolute Gasteiger partial charge is 0.0784 e. The molecule has 0 spiro atoms. The molecule has 19 heavy (non-hydrogen) atoms. The topological polar surface area (TPSA) is 30.5 Å². The second-order valence-electron chi connectivity index (χ2n) is 5.05. The first kappa shape index (κ1) is 16.2. The van der Waals surface area contributed by atoms with Gasteiger partial charge in [-0.05, 0) is 32.9 Å². The molecule has 0 saturated carbocycles. The standard InChI is InChI=1S/C16H27NO2/c1-6-17-16(14(4)19-13(3)11-18-5)15-9-7-12(2)8-10-15/h7-10,13-14,16-17H,6,11H2,1-5H3. The Balaban J connectivity index is 2.73. The number of nitrogens with one attached hydrogen (secondary N) is 1. The molecule has 0 aliphatic carbocycles. The van der Waals surface area contributed by atoms with Gasteiger partial charge in [0, 0.05) is 7.11 Å². The van der Waals surface area contributed by atoms with E-state index in [0.29, 0.717) is 6.61 Å². The summed E-state index contributed by atoms with van der Waals surface area (Å²) in [7, 11) is 1.70. The van der Waals surface area contributed by atoms with E-state index in [1.807, 2.05) is 6.92 Å². The lowest BCUT2D eigenvalue weighted by molar-refractivity contribution is -0.0455. The quantitative estimate of drug-likeness (QED) is 0.783. The molecule has 3 unspecified atom stereocenters. The Morgan fingerprint density at radius 1 is 1.16 bits per heavy atom. The van der Waals surface area contributed by atoms with E-state index in [1.165, 1.54) is 11.1 Å². The first-order valence-corrected chi connectivity index (χ1v) is 7.02. The molecule has 1 aromatic carbocycles. The van der Waals surface area contributed by atoms with Crippen LogP contribution in [0.4, 0.5) is 0 Å². The Kier molecular flexibility index (Phi) is 7.06. The minimum absolute atomic E-state index is 0.103. The zero-order chi connectivity index (χ0) is 14.3. The van der Waals surface area contributed by atoms with Crippen LogP contribution in [0.25, 0.3) is 0 Å². The summed E-state index contributed by atoms with van der Waals surface area (Å²) in [6.45, 7) is 9.92. The minimum Gasteiger partial charge on any atom is -0.382 e. The summed E-state index contributed by atoms with van der Waals surface area (Å²) >= 11 is 0. The van der Waals surface area contributed by atoms with Gasteiger partial charge in [0.15, 0.2) is 0 Å². The molecule has 0 aromatic heterocycles. The summed E-state index contributed by atoms with van der Waals surface area (Å²) in [6.07, 6.45) is 0.208. The molecule has 108 valence electrons. The summed E-state index contributed by atoms with van der Waals surface area (Å²) in [4.78, 5) is 0. The van der Waals surface area contributed by atoms with Crippen LogP contribution < -0.4 is 5.32 Å². The van der Waals surface area contributed by atoms with Crippen molar-refractivity contribution in [2.75, 3.05) is 20.3 Å². The molecule has 0 aliphatic heterocycles. The molecule has 1 aromatic rings. The van der Waals surface area contributed by atoms with Crippen LogP contribution in [0, 0.1) is 6.92 Å². The molecule has 0 aliphatic rings. The summed E-state index contributed by atoms with van der Waals surface area (Å²) in [6, 6.07) is 8.84. The molecule has 0 fully saturated rings. The van der Waals surface area contributed by atoms with Crippen LogP contribution in [-0.2, 0) is 9.47 Å². The third-order valence-corrected chi connectivity index (χ3v) is 3.18. The zero-order valence-electron chi connectivity index (χ0n) is 12.8. The van der Waals surface area contributed by atoms with Crippen molar-refractivity contribution in [2.24, 2.45) is 0 Å². The number of ether oxygens (including phenoxy) is 2. The molecule has 3 atom stereocenters. The van der Waals surface area contributed by atoms with Crippen LogP contribution in [-0.4, -0.2) is 32.5 Å². The Morgan fingerprint density at radius 3 is 2.32 bits per heavy atom. The van der Waals surface area contributed by atoms with Gasteiger partial charge in [-0.2, -0.15) is 0 Å². The molecule has 3 nitrogen and oxygen atoms in total. The highest BCUT2D eigenvalue weighted by molar-refractivity contribution is 5.24. The van der Waals surface area contributed by atoms with E-state index in [0.717, 1.165) is 6.54 Å². The predicted octanol–water partition coefficient (Wildman–Crippen LogP) is 3.09. The Labute approximate surface area is 117 Å². The molecular weight excluding hydrogens is 238 g/mol. The average molecular weight is 265 g/mol. The molecule has 0 saturated heterocycles. The van der Waals surface area contributed by atoms with Gasteiger partial charge in [-0.1, -0.05) is 36.8 Å². The summed E-state index contributed by atoms with van der Waals surface area (Å²) in [5, 5.41) is 3.50. The number of methoxy groups -OCH3 is 1. The third kappa shape index (κ3) is 5.31. The van der Waals surface area contributed by atoms with Gasteiger partial charge in [0.05, 0.1) is 24.9 Å². The molecule has 0 amide bonds. The highest BCUT2D eigenvalue weighted by Gasteiger charge is 2.20. The molecule has 0 bridgehead atoms. The summed E-state index contributed by atoms with van der Waals surface area (Å²) in [5.74, 6) is 0. The zero-order valence-corrected chi connectivity index (χ0v) is 12.8. The van der Waals surface area contributed by atoms with E-state index in [4.69, 9.17) is 9.47 Å². The SMILES string of the molecule is CCNC(c1ccc(C)cc1)C(C)OC(C)COC. The van der Waals surface area contributed by atoms with Crippen molar-refractivity contribution in [2.45, 2.75) is 45.9 Å². The van der Waals surface area contributed by atoms with E-state index in [1.54, 1.807) is 7.11 Å². The fraction of sp³-hybridized carbons (Fsp3) is 0.625. The Bertz CT molecular complexity index is 350. The lowest BCUT2D eigenvalue weighted by Crippen LogP contribution is -2.34. The lowest BCUT2D eigenvalue weighted by atomic mass is 10.0. The van der Waals surface area contributed by atoms with Crippen LogP contribution in [0.3, 0.4) is 0 Å². The fourth-order valence-electron chi connectivity index (χ4n) is 2.27. The van der Waals surface area contributed by atoms with Crippen molar-refractivity contribution in [1.82, 2.24) is 5.32 Å². The molecule has 3 heteroatoms. The number of hydrogen-bond acceptors (Lipinski definition) is 3. The summed E-state index contributed by atoms with van der Waals surface area (Å²) in [5.41, 5.74) is 2.55. The van der Waals surface area contributed by atoms with Gasteiger partial charge in [-0.15, -0.1) is 0 Å². The maximum absolute atomic E-state index is 6.00. The number of benzene rings is 1. The van der Waals surface area contributed by atoms with Crippen molar-refractivity contribution in [3.8, 4) is 0 Å². The van der Waals surface area contributed by atoms with E-state index >= 15 is 0 Å². The van der Waals surface area contributed by atoms with E-state index in [-0.39, 0.29) is 18.2 Å². The number of likely N-dealkylation sites (N-methyl/N-ethyl adjacent to an activating group) is 1. The predicted molar refractivity (Wildman–Crippen MR) is 79.5 cm³/mol. The molecule has 1 N–H and O–H groups in total. The second-order valence-corrected chi connectivity index (χ2v) is 5.05. The van der Waals surface area contributed by atoms with Gasteiger partial charge in [-0.25, -0.2) is 0 Å². The number of aryl methyl sites for hydroxylation is 1. The van der Waals surface area contributed by atoms with Gasteiger partial charge in [0.2, 0.25) is 0 Å². The fourth-order valence-corrected chi connectivity index (χ4v) is 2.27. The van der Waals surface area contributed by atoms with Crippen LogP contribution >= 0.6 is 0 Å².